The van der Waals surface area contributed by atoms with Gasteiger partial charge in [-0.2, -0.15) is 0 Å². The number of nitrogens with one attached hydrogen (secondary N) is 1. The lowest BCUT2D eigenvalue weighted by Gasteiger charge is -2.13. The number of hydrogen-bond acceptors (Lipinski definition) is 2. The molecule has 1 nitrogen and oxygen atoms in total. The number of benzene rings is 2. The Labute approximate surface area is 121 Å². The first kappa shape index (κ1) is 13.5. The molecular weight excluding hydrogens is 306 g/mol. The third-order valence-corrected chi connectivity index (χ3v) is 4.09. The highest BCUT2D eigenvalue weighted by atomic mass is 79.9. The molecule has 0 heterocycles. The Kier molecular flexibility index (Phi) is 5.14. The Morgan fingerprint density at radius 2 is 1.89 bits per heavy atom. The fourth-order valence-corrected chi connectivity index (χ4v) is 3.17. The average Bonchev–Trinajstić information content (AvgIpc) is 2.38. The van der Waals surface area contributed by atoms with E-state index in [1.54, 1.807) is 0 Å². The van der Waals surface area contributed by atoms with E-state index in [0.717, 1.165) is 11.0 Å². The van der Waals surface area contributed by atoms with E-state index in [1.165, 1.54) is 10.6 Å². The molecule has 0 aliphatic rings. The fourth-order valence-electron chi connectivity index (χ4n) is 1.63. The summed E-state index contributed by atoms with van der Waals surface area (Å²) in [5.41, 5.74) is 1.18. The van der Waals surface area contributed by atoms with Crippen molar-refractivity contribution in [2.24, 2.45) is 0 Å². The maximum absolute atomic E-state index is 3.50. The van der Waals surface area contributed by atoms with Crippen LogP contribution in [0.3, 0.4) is 0 Å². The van der Waals surface area contributed by atoms with Crippen LogP contribution < -0.4 is 5.32 Å². The van der Waals surface area contributed by atoms with Crippen LogP contribution in [0.2, 0.25) is 0 Å². The first-order valence-corrected chi connectivity index (χ1v) is 7.62. The SMILES string of the molecule is CC(CNc1ccccc1)Sc1cccc(Br)c1. The number of anilines is 1. The lowest BCUT2D eigenvalue weighted by atomic mass is 10.3. The predicted molar refractivity (Wildman–Crippen MR) is 84.4 cm³/mol. The molecule has 1 atom stereocenters. The summed E-state index contributed by atoms with van der Waals surface area (Å²) < 4.78 is 1.13. The van der Waals surface area contributed by atoms with Gasteiger partial charge in [-0.3, -0.25) is 0 Å². The van der Waals surface area contributed by atoms with Gasteiger partial charge in [0.15, 0.2) is 0 Å². The molecule has 2 aromatic carbocycles. The lowest BCUT2D eigenvalue weighted by Crippen LogP contribution is -2.12. The molecule has 0 aliphatic heterocycles. The van der Waals surface area contributed by atoms with Gasteiger partial charge < -0.3 is 5.32 Å². The van der Waals surface area contributed by atoms with Gasteiger partial charge in [0, 0.05) is 26.9 Å². The van der Waals surface area contributed by atoms with Crippen molar-refractivity contribution >= 4 is 33.4 Å². The molecule has 2 rings (SSSR count). The van der Waals surface area contributed by atoms with E-state index in [9.17, 15) is 0 Å². The summed E-state index contributed by atoms with van der Waals surface area (Å²) >= 11 is 5.38. The van der Waals surface area contributed by atoms with Crippen LogP contribution >= 0.6 is 27.7 Å². The average molecular weight is 322 g/mol. The Hall–Kier alpha value is -0.930. The van der Waals surface area contributed by atoms with Crippen molar-refractivity contribution in [2.45, 2.75) is 17.1 Å². The summed E-state index contributed by atoms with van der Waals surface area (Å²) in [6.45, 7) is 3.20. The van der Waals surface area contributed by atoms with Gasteiger partial charge in [0.2, 0.25) is 0 Å². The molecule has 94 valence electrons. The molecule has 0 aliphatic carbocycles. The molecule has 18 heavy (non-hydrogen) atoms. The Balaban J connectivity index is 1.84. The second kappa shape index (κ2) is 6.86. The summed E-state index contributed by atoms with van der Waals surface area (Å²) in [5, 5.41) is 3.97. The van der Waals surface area contributed by atoms with Crippen molar-refractivity contribution in [3.8, 4) is 0 Å². The van der Waals surface area contributed by atoms with Crippen LogP contribution in [0, 0.1) is 0 Å². The quantitative estimate of drug-likeness (QED) is 0.774. The molecule has 0 aromatic heterocycles. The molecule has 1 unspecified atom stereocenters. The molecule has 2 aromatic rings. The van der Waals surface area contributed by atoms with Gasteiger partial charge in [-0.25, -0.2) is 0 Å². The maximum Gasteiger partial charge on any atom is 0.0340 e. The van der Waals surface area contributed by atoms with Crippen LogP contribution in [-0.4, -0.2) is 11.8 Å². The van der Waals surface area contributed by atoms with Crippen molar-refractivity contribution in [3.63, 3.8) is 0 Å². The second-order valence-corrected chi connectivity index (χ2v) is 6.56. The van der Waals surface area contributed by atoms with Gasteiger partial charge in [-0.05, 0) is 30.3 Å². The van der Waals surface area contributed by atoms with Crippen LogP contribution in [0.4, 0.5) is 5.69 Å². The number of halogens is 1. The van der Waals surface area contributed by atoms with E-state index < -0.39 is 0 Å². The van der Waals surface area contributed by atoms with Gasteiger partial charge in [0.05, 0.1) is 0 Å². The lowest BCUT2D eigenvalue weighted by molar-refractivity contribution is 0.999. The first-order valence-electron chi connectivity index (χ1n) is 5.95. The van der Waals surface area contributed by atoms with Crippen LogP contribution in [0.5, 0.6) is 0 Å². The third-order valence-electron chi connectivity index (χ3n) is 2.50. The van der Waals surface area contributed by atoms with Gasteiger partial charge in [0.25, 0.3) is 0 Å². The summed E-state index contributed by atoms with van der Waals surface area (Å²) in [7, 11) is 0. The number of para-hydroxylation sites is 1. The van der Waals surface area contributed by atoms with Crippen molar-refractivity contribution in [1.29, 1.82) is 0 Å². The Morgan fingerprint density at radius 3 is 2.61 bits per heavy atom. The number of hydrogen-bond donors (Lipinski definition) is 1. The van der Waals surface area contributed by atoms with E-state index >= 15 is 0 Å². The highest BCUT2D eigenvalue weighted by Gasteiger charge is 2.04. The van der Waals surface area contributed by atoms with Crippen LogP contribution in [0.15, 0.2) is 64.0 Å². The standard InChI is InChI=1S/C15H16BrNS/c1-12(11-17-14-7-3-2-4-8-14)18-15-9-5-6-13(16)10-15/h2-10,12,17H,11H2,1H3. The van der Waals surface area contributed by atoms with Gasteiger partial charge in [0.1, 0.15) is 0 Å². The Morgan fingerprint density at radius 1 is 1.11 bits per heavy atom. The van der Waals surface area contributed by atoms with Crippen LogP contribution in [-0.2, 0) is 0 Å². The monoisotopic (exact) mass is 321 g/mol. The molecule has 0 radical (unpaired) electrons. The first-order chi connectivity index (χ1) is 8.74. The fraction of sp³-hybridized carbons (Fsp3) is 0.200. The van der Waals surface area contributed by atoms with E-state index in [2.05, 4.69) is 76.7 Å². The van der Waals surface area contributed by atoms with Gasteiger partial charge >= 0.3 is 0 Å². The van der Waals surface area contributed by atoms with E-state index in [4.69, 9.17) is 0 Å². The topological polar surface area (TPSA) is 12.0 Å². The number of thioether (sulfide) groups is 1. The molecule has 0 saturated heterocycles. The molecule has 3 heteroatoms. The van der Waals surface area contributed by atoms with Gasteiger partial charge in [-0.1, -0.05) is 47.1 Å². The van der Waals surface area contributed by atoms with Crippen LogP contribution in [0.25, 0.3) is 0 Å². The molecule has 0 spiro atoms. The maximum atomic E-state index is 3.50. The largest absolute Gasteiger partial charge is 0.384 e. The summed E-state index contributed by atoms with van der Waals surface area (Å²) in [6, 6.07) is 18.7. The highest BCUT2D eigenvalue weighted by Crippen LogP contribution is 2.26. The zero-order valence-corrected chi connectivity index (χ0v) is 12.7. The van der Waals surface area contributed by atoms with Crippen molar-refractivity contribution in [1.82, 2.24) is 0 Å². The molecule has 0 bridgehead atoms. The third kappa shape index (κ3) is 4.39. The normalized spacial score (nSPS) is 12.1. The Bertz CT molecular complexity index is 487. The highest BCUT2D eigenvalue weighted by molar-refractivity contribution is 9.10. The zero-order valence-electron chi connectivity index (χ0n) is 10.3. The van der Waals surface area contributed by atoms with Gasteiger partial charge in [-0.15, -0.1) is 11.8 Å². The van der Waals surface area contributed by atoms with Crippen molar-refractivity contribution < 1.29 is 0 Å². The molecule has 0 fully saturated rings. The minimum absolute atomic E-state index is 0.527. The van der Waals surface area contributed by atoms with E-state index in [-0.39, 0.29) is 0 Å². The summed E-state index contributed by atoms with van der Waals surface area (Å²) in [5.74, 6) is 0. The predicted octanol–water partition coefficient (Wildman–Crippen LogP) is 5.04. The van der Waals surface area contributed by atoms with E-state index in [1.807, 2.05) is 17.8 Å². The molecule has 0 saturated carbocycles. The number of rotatable bonds is 5. The smallest absolute Gasteiger partial charge is 0.0340 e. The summed E-state index contributed by atoms with van der Waals surface area (Å²) in [6.07, 6.45) is 0. The van der Waals surface area contributed by atoms with E-state index in [0.29, 0.717) is 5.25 Å². The molecule has 0 amide bonds. The van der Waals surface area contributed by atoms with Crippen molar-refractivity contribution in [3.05, 3.63) is 59.1 Å². The molecule has 1 N–H and O–H groups in total. The minimum Gasteiger partial charge on any atom is -0.384 e. The minimum atomic E-state index is 0.527. The second-order valence-electron chi connectivity index (χ2n) is 4.13. The van der Waals surface area contributed by atoms with Crippen LogP contribution in [0.1, 0.15) is 6.92 Å². The molecular formula is C15H16BrNS. The zero-order chi connectivity index (χ0) is 12.8. The van der Waals surface area contributed by atoms with Crippen molar-refractivity contribution in [2.75, 3.05) is 11.9 Å². The summed E-state index contributed by atoms with van der Waals surface area (Å²) in [4.78, 5) is 1.30.